The smallest absolute Gasteiger partial charge is 0.266 e. The minimum Gasteiger partial charge on any atom is -0.375 e. The van der Waals surface area contributed by atoms with Gasteiger partial charge in [-0.05, 0) is 0 Å². The Hall–Kier alpha value is -1.85. The molecule has 0 unspecified atom stereocenters. The van der Waals surface area contributed by atoms with Gasteiger partial charge < -0.3 is 10.2 Å². The molecule has 0 fully saturated rings. The number of hydrogen-bond donors (Lipinski definition) is 2. The molecular weight excluding hydrogens is 184 g/mol. The topological polar surface area (TPSA) is 78.1 Å². The SMILES string of the molecule is CN(C)C(=O)CNc1cn[nH]c(=O)c1. The van der Waals surface area contributed by atoms with Gasteiger partial charge in [-0.2, -0.15) is 5.10 Å². The quantitative estimate of drug-likeness (QED) is 0.668. The van der Waals surface area contributed by atoms with E-state index in [1.807, 2.05) is 0 Å². The average Bonchev–Trinajstić information content (AvgIpc) is 2.14. The number of rotatable bonds is 3. The van der Waals surface area contributed by atoms with Crippen molar-refractivity contribution in [3.63, 3.8) is 0 Å². The van der Waals surface area contributed by atoms with Crippen molar-refractivity contribution in [1.82, 2.24) is 15.1 Å². The highest BCUT2D eigenvalue weighted by molar-refractivity contribution is 5.80. The number of likely N-dealkylation sites (N-methyl/N-ethyl adjacent to an activating group) is 1. The van der Waals surface area contributed by atoms with E-state index < -0.39 is 0 Å². The number of nitrogens with zero attached hydrogens (tertiary/aromatic N) is 2. The van der Waals surface area contributed by atoms with Crippen molar-refractivity contribution >= 4 is 11.6 Å². The van der Waals surface area contributed by atoms with Crippen molar-refractivity contribution in [3.05, 3.63) is 22.6 Å². The molecule has 6 nitrogen and oxygen atoms in total. The van der Waals surface area contributed by atoms with Gasteiger partial charge in [0.25, 0.3) is 5.56 Å². The Bertz CT molecular complexity index is 372. The maximum Gasteiger partial charge on any atom is 0.266 e. The maximum absolute atomic E-state index is 11.2. The molecule has 0 bridgehead atoms. The zero-order valence-corrected chi connectivity index (χ0v) is 8.07. The number of amides is 1. The van der Waals surface area contributed by atoms with Crippen LogP contribution in [0.3, 0.4) is 0 Å². The lowest BCUT2D eigenvalue weighted by Gasteiger charge is -2.10. The summed E-state index contributed by atoms with van der Waals surface area (Å²) in [7, 11) is 3.33. The summed E-state index contributed by atoms with van der Waals surface area (Å²) in [5.41, 5.74) is 0.233. The first kappa shape index (κ1) is 10.2. The number of anilines is 1. The third kappa shape index (κ3) is 2.89. The maximum atomic E-state index is 11.2. The average molecular weight is 196 g/mol. The van der Waals surface area contributed by atoms with Crippen LogP contribution in [0.2, 0.25) is 0 Å². The summed E-state index contributed by atoms with van der Waals surface area (Å²) >= 11 is 0. The van der Waals surface area contributed by atoms with Gasteiger partial charge in [-0.15, -0.1) is 0 Å². The molecule has 14 heavy (non-hydrogen) atoms. The molecule has 1 aromatic rings. The summed E-state index contributed by atoms with van der Waals surface area (Å²) in [6, 6.07) is 1.34. The van der Waals surface area contributed by atoms with Crippen molar-refractivity contribution in [2.24, 2.45) is 0 Å². The number of aromatic amines is 1. The highest BCUT2D eigenvalue weighted by atomic mass is 16.2. The third-order valence-corrected chi connectivity index (χ3v) is 1.61. The number of carbonyl (C=O) groups excluding carboxylic acids is 1. The Morgan fingerprint density at radius 1 is 1.64 bits per heavy atom. The van der Waals surface area contributed by atoms with Gasteiger partial charge in [0.05, 0.1) is 18.4 Å². The summed E-state index contributed by atoms with van der Waals surface area (Å²) in [6.07, 6.45) is 1.45. The second-order valence-electron chi connectivity index (χ2n) is 2.98. The highest BCUT2D eigenvalue weighted by Crippen LogP contribution is 1.97. The molecule has 0 radical (unpaired) electrons. The molecule has 0 aromatic carbocycles. The molecular formula is C8H12N4O2. The largest absolute Gasteiger partial charge is 0.375 e. The molecule has 0 saturated heterocycles. The molecule has 6 heteroatoms. The number of hydrogen-bond acceptors (Lipinski definition) is 4. The van der Waals surface area contributed by atoms with Gasteiger partial charge in [0.15, 0.2) is 0 Å². The first-order chi connectivity index (χ1) is 6.59. The molecule has 0 spiro atoms. The monoisotopic (exact) mass is 196 g/mol. The van der Waals surface area contributed by atoms with Crippen LogP contribution in [0.15, 0.2) is 17.1 Å². The van der Waals surface area contributed by atoms with Gasteiger partial charge in [-0.3, -0.25) is 9.59 Å². The first-order valence-corrected chi connectivity index (χ1v) is 4.08. The summed E-state index contributed by atoms with van der Waals surface area (Å²) < 4.78 is 0. The van der Waals surface area contributed by atoms with Gasteiger partial charge in [-0.25, -0.2) is 5.10 Å². The van der Waals surface area contributed by atoms with Gasteiger partial charge in [0.1, 0.15) is 0 Å². The zero-order chi connectivity index (χ0) is 10.6. The van der Waals surface area contributed by atoms with Crippen LogP contribution in [0.1, 0.15) is 0 Å². The van der Waals surface area contributed by atoms with Gasteiger partial charge in [0.2, 0.25) is 5.91 Å². The van der Waals surface area contributed by atoms with Crippen molar-refractivity contribution in [3.8, 4) is 0 Å². The minimum absolute atomic E-state index is 0.0646. The van der Waals surface area contributed by atoms with E-state index in [4.69, 9.17) is 0 Å². The van der Waals surface area contributed by atoms with E-state index in [9.17, 15) is 9.59 Å². The van der Waals surface area contributed by atoms with E-state index in [1.54, 1.807) is 14.1 Å². The Kier molecular flexibility index (Phi) is 3.22. The molecule has 1 rings (SSSR count). The van der Waals surface area contributed by atoms with Crippen LogP contribution >= 0.6 is 0 Å². The lowest BCUT2D eigenvalue weighted by atomic mass is 10.4. The van der Waals surface area contributed by atoms with Crippen molar-refractivity contribution in [1.29, 1.82) is 0 Å². The van der Waals surface area contributed by atoms with Crippen LogP contribution in [0.25, 0.3) is 0 Å². The van der Waals surface area contributed by atoms with Crippen molar-refractivity contribution < 1.29 is 4.79 Å². The van der Waals surface area contributed by atoms with Crippen molar-refractivity contribution in [2.75, 3.05) is 26.0 Å². The van der Waals surface area contributed by atoms with Gasteiger partial charge in [-0.1, -0.05) is 0 Å². The fourth-order valence-electron chi connectivity index (χ4n) is 0.809. The summed E-state index contributed by atoms with van der Waals surface area (Å²) in [5.74, 6) is -0.0646. The molecule has 0 aliphatic carbocycles. The van der Waals surface area contributed by atoms with E-state index in [0.717, 1.165) is 0 Å². The molecule has 0 aliphatic rings. The van der Waals surface area contributed by atoms with Crippen molar-refractivity contribution in [2.45, 2.75) is 0 Å². The molecule has 0 atom stereocenters. The van der Waals surface area contributed by atoms with E-state index in [2.05, 4.69) is 15.5 Å². The first-order valence-electron chi connectivity index (χ1n) is 4.08. The fraction of sp³-hybridized carbons (Fsp3) is 0.375. The Morgan fingerprint density at radius 2 is 2.36 bits per heavy atom. The standard InChI is InChI=1S/C8H12N4O2/c1-12(2)8(14)5-9-6-3-7(13)11-10-4-6/h3-4H,5H2,1-2H3,(H2,9,11,13). The summed E-state index contributed by atoms with van der Waals surface area (Å²) in [6.45, 7) is 0.151. The third-order valence-electron chi connectivity index (χ3n) is 1.61. The highest BCUT2D eigenvalue weighted by Gasteiger charge is 2.02. The van der Waals surface area contributed by atoms with Crippen LogP contribution in [0.4, 0.5) is 5.69 Å². The number of carbonyl (C=O) groups is 1. The minimum atomic E-state index is -0.299. The van der Waals surface area contributed by atoms with Crippen LogP contribution in [-0.2, 0) is 4.79 Å². The number of nitrogens with one attached hydrogen (secondary N) is 2. The molecule has 2 N–H and O–H groups in total. The van der Waals surface area contributed by atoms with Gasteiger partial charge in [0, 0.05) is 20.2 Å². The second kappa shape index (κ2) is 4.40. The Balaban J connectivity index is 2.54. The number of H-pyrrole nitrogens is 1. The lowest BCUT2D eigenvalue weighted by molar-refractivity contribution is -0.126. The Morgan fingerprint density at radius 3 is 2.93 bits per heavy atom. The molecule has 1 heterocycles. The second-order valence-corrected chi connectivity index (χ2v) is 2.98. The predicted molar refractivity (Wildman–Crippen MR) is 52.0 cm³/mol. The van der Waals surface area contributed by atoms with E-state index >= 15 is 0 Å². The van der Waals surface area contributed by atoms with E-state index in [1.165, 1.54) is 17.2 Å². The molecule has 0 aliphatic heterocycles. The molecule has 1 aromatic heterocycles. The number of aromatic nitrogens is 2. The van der Waals surface area contributed by atoms with Crippen LogP contribution in [0.5, 0.6) is 0 Å². The Labute approximate surface area is 80.9 Å². The van der Waals surface area contributed by atoms with E-state index in [0.29, 0.717) is 5.69 Å². The summed E-state index contributed by atoms with van der Waals surface area (Å²) in [5, 5.41) is 8.62. The van der Waals surface area contributed by atoms with Crippen LogP contribution in [-0.4, -0.2) is 41.6 Å². The molecule has 0 saturated carbocycles. The zero-order valence-electron chi connectivity index (χ0n) is 8.07. The molecule has 76 valence electrons. The fourth-order valence-corrected chi connectivity index (χ4v) is 0.809. The van der Waals surface area contributed by atoms with Crippen LogP contribution in [0, 0.1) is 0 Å². The lowest BCUT2D eigenvalue weighted by Crippen LogP contribution is -2.28. The van der Waals surface area contributed by atoms with E-state index in [-0.39, 0.29) is 18.0 Å². The predicted octanol–water partition coefficient (Wildman–Crippen LogP) is -0.730. The van der Waals surface area contributed by atoms with Crippen LogP contribution < -0.4 is 10.9 Å². The van der Waals surface area contributed by atoms with Gasteiger partial charge >= 0.3 is 0 Å². The summed E-state index contributed by atoms with van der Waals surface area (Å²) in [4.78, 5) is 23.4. The normalized spacial score (nSPS) is 9.57. The molecule has 1 amide bonds.